The van der Waals surface area contributed by atoms with Crippen LogP contribution in [0.3, 0.4) is 0 Å². The van der Waals surface area contributed by atoms with E-state index in [0.29, 0.717) is 48.1 Å². The molecule has 1 amide bonds. The van der Waals surface area contributed by atoms with Crippen LogP contribution < -0.4 is 9.47 Å². The van der Waals surface area contributed by atoms with Crippen LogP contribution in [0.4, 0.5) is 0 Å². The monoisotopic (exact) mass is 414 g/mol. The van der Waals surface area contributed by atoms with E-state index in [9.17, 15) is 9.00 Å². The Morgan fingerprint density at radius 1 is 1.14 bits per heavy atom. The average Bonchev–Trinajstić information content (AvgIpc) is 3.16. The number of ether oxygens (including phenoxy) is 2. The number of hydrogen-bond acceptors (Lipinski definition) is 6. The summed E-state index contributed by atoms with van der Waals surface area (Å²) < 4.78 is 24.0. The molecule has 1 aliphatic rings. The van der Waals surface area contributed by atoms with Crippen LogP contribution >= 0.6 is 0 Å². The Hall–Kier alpha value is -2.94. The average molecular weight is 414 g/mol. The van der Waals surface area contributed by atoms with E-state index in [1.807, 2.05) is 24.3 Å². The summed E-state index contributed by atoms with van der Waals surface area (Å²) >= 11 is 0. The highest BCUT2D eigenvalue weighted by molar-refractivity contribution is 7.85. The molecule has 9 heteroatoms. The largest absolute Gasteiger partial charge is 0.497 e. The predicted octanol–water partition coefficient (Wildman–Crippen LogP) is 1.70. The van der Waals surface area contributed by atoms with Gasteiger partial charge in [-0.2, -0.15) is 5.10 Å². The maximum atomic E-state index is 12.7. The molecule has 1 saturated heterocycles. The van der Waals surface area contributed by atoms with Gasteiger partial charge in [-0.25, -0.2) is 9.67 Å². The van der Waals surface area contributed by atoms with Crippen LogP contribution in [0.25, 0.3) is 11.0 Å². The van der Waals surface area contributed by atoms with Gasteiger partial charge in [0, 0.05) is 58.6 Å². The van der Waals surface area contributed by atoms with E-state index in [0.717, 1.165) is 16.7 Å². The van der Waals surface area contributed by atoms with Gasteiger partial charge in [-0.3, -0.25) is 9.00 Å². The second-order valence-corrected chi connectivity index (χ2v) is 8.45. The third-order valence-electron chi connectivity index (χ3n) is 5.00. The van der Waals surface area contributed by atoms with Crippen molar-refractivity contribution in [1.82, 2.24) is 19.7 Å². The van der Waals surface area contributed by atoms with Crippen molar-refractivity contribution in [2.24, 2.45) is 0 Å². The van der Waals surface area contributed by atoms with Crippen molar-refractivity contribution in [3.05, 3.63) is 47.8 Å². The van der Waals surface area contributed by atoms with Gasteiger partial charge in [0.2, 0.25) is 0 Å². The van der Waals surface area contributed by atoms with E-state index in [1.54, 1.807) is 36.2 Å². The smallest absolute Gasteiger partial charge is 0.255 e. The van der Waals surface area contributed by atoms with Gasteiger partial charge in [-0.1, -0.05) is 0 Å². The molecule has 1 aromatic carbocycles. The van der Waals surface area contributed by atoms with Crippen LogP contribution in [-0.2, 0) is 17.3 Å². The maximum Gasteiger partial charge on any atom is 0.255 e. The molecule has 0 N–H and O–H groups in total. The molecule has 0 radical (unpaired) electrons. The number of fused-ring (bicyclic) bond motifs is 1. The van der Waals surface area contributed by atoms with E-state index >= 15 is 0 Å². The number of hydrogen-bond donors (Lipinski definition) is 0. The lowest BCUT2D eigenvalue weighted by Gasteiger charge is -2.26. The molecule has 3 heterocycles. The van der Waals surface area contributed by atoms with Crippen molar-refractivity contribution in [3.8, 4) is 11.5 Å². The molecule has 0 bridgehead atoms. The zero-order valence-electron chi connectivity index (χ0n) is 16.3. The Balaban J connectivity index is 1.57. The third-order valence-corrected chi connectivity index (χ3v) is 6.28. The standard InChI is InChI=1S/C20H22N4O4S/c1-27-17-4-3-14(18(10-17)28-2)13-24-19-15(12-22-24)9-16(11-21-19)20(25)23-5-7-29(26)8-6-23/h3-4,9-12H,5-8,13H2,1-2H3. The van der Waals surface area contributed by atoms with Crippen molar-refractivity contribution in [2.75, 3.05) is 38.8 Å². The lowest BCUT2D eigenvalue weighted by Crippen LogP contribution is -2.41. The first-order chi connectivity index (χ1) is 14.1. The van der Waals surface area contributed by atoms with Crippen LogP contribution in [0, 0.1) is 0 Å². The molecule has 0 aliphatic carbocycles. The second-order valence-electron chi connectivity index (χ2n) is 6.76. The molecule has 29 heavy (non-hydrogen) atoms. The number of aromatic nitrogens is 3. The molecule has 3 aromatic rings. The topological polar surface area (TPSA) is 86.6 Å². The fraction of sp³-hybridized carbons (Fsp3) is 0.350. The number of rotatable bonds is 5. The van der Waals surface area contributed by atoms with Crippen molar-refractivity contribution in [2.45, 2.75) is 6.54 Å². The lowest BCUT2D eigenvalue weighted by atomic mass is 10.2. The first kappa shape index (κ1) is 19.4. The van der Waals surface area contributed by atoms with Crippen molar-refractivity contribution in [3.63, 3.8) is 0 Å². The summed E-state index contributed by atoms with van der Waals surface area (Å²) in [5.41, 5.74) is 2.16. The molecule has 8 nitrogen and oxygen atoms in total. The first-order valence-corrected chi connectivity index (χ1v) is 10.7. The summed E-state index contributed by atoms with van der Waals surface area (Å²) in [6.07, 6.45) is 3.29. The Labute approximate surface area is 170 Å². The predicted molar refractivity (Wildman–Crippen MR) is 110 cm³/mol. The number of methoxy groups -OCH3 is 2. The minimum Gasteiger partial charge on any atom is -0.497 e. The number of pyridine rings is 1. The molecular weight excluding hydrogens is 392 g/mol. The zero-order chi connectivity index (χ0) is 20.4. The summed E-state index contributed by atoms with van der Waals surface area (Å²) in [6.45, 7) is 1.51. The van der Waals surface area contributed by atoms with E-state index in [-0.39, 0.29) is 5.91 Å². The molecule has 0 saturated carbocycles. The molecule has 1 fully saturated rings. The van der Waals surface area contributed by atoms with Gasteiger partial charge in [0.05, 0.1) is 32.5 Å². The molecule has 152 valence electrons. The molecule has 0 spiro atoms. The highest BCUT2D eigenvalue weighted by Gasteiger charge is 2.22. The molecule has 0 atom stereocenters. The molecule has 4 rings (SSSR count). The zero-order valence-corrected chi connectivity index (χ0v) is 17.1. The van der Waals surface area contributed by atoms with Gasteiger partial charge in [-0.15, -0.1) is 0 Å². The highest BCUT2D eigenvalue weighted by atomic mass is 32.2. The van der Waals surface area contributed by atoms with E-state index in [2.05, 4.69) is 10.1 Å². The number of carbonyl (C=O) groups is 1. The minimum absolute atomic E-state index is 0.0827. The van der Waals surface area contributed by atoms with Crippen LogP contribution in [0.1, 0.15) is 15.9 Å². The number of amides is 1. The lowest BCUT2D eigenvalue weighted by molar-refractivity contribution is 0.0771. The van der Waals surface area contributed by atoms with Gasteiger partial charge < -0.3 is 14.4 Å². The van der Waals surface area contributed by atoms with Crippen molar-refractivity contribution < 1.29 is 18.5 Å². The Bertz CT molecular complexity index is 1070. The summed E-state index contributed by atoms with van der Waals surface area (Å²) in [4.78, 5) is 18.9. The highest BCUT2D eigenvalue weighted by Crippen LogP contribution is 2.26. The minimum atomic E-state index is -0.818. The Morgan fingerprint density at radius 3 is 2.66 bits per heavy atom. The summed E-state index contributed by atoms with van der Waals surface area (Å²) in [6, 6.07) is 7.45. The first-order valence-electron chi connectivity index (χ1n) is 9.26. The van der Waals surface area contributed by atoms with E-state index < -0.39 is 10.8 Å². The summed E-state index contributed by atoms with van der Waals surface area (Å²) in [7, 11) is 2.41. The van der Waals surface area contributed by atoms with Gasteiger partial charge in [0.25, 0.3) is 5.91 Å². The van der Waals surface area contributed by atoms with Gasteiger partial charge in [0.1, 0.15) is 11.5 Å². The third kappa shape index (κ3) is 3.95. The van der Waals surface area contributed by atoms with Gasteiger partial charge in [-0.05, 0) is 18.2 Å². The normalized spacial score (nSPS) is 14.9. The van der Waals surface area contributed by atoms with Gasteiger partial charge in [0.15, 0.2) is 5.65 Å². The molecule has 0 unspecified atom stereocenters. The van der Waals surface area contributed by atoms with Crippen LogP contribution in [0.2, 0.25) is 0 Å². The SMILES string of the molecule is COc1ccc(Cn2ncc3cc(C(=O)N4CCS(=O)CC4)cnc32)c(OC)c1. The Morgan fingerprint density at radius 2 is 1.93 bits per heavy atom. The fourth-order valence-corrected chi connectivity index (χ4v) is 4.42. The Kier molecular flexibility index (Phi) is 5.48. The summed E-state index contributed by atoms with van der Waals surface area (Å²) in [5.74, 6) is 2.41. The van der Waals surface area contributed by atoms with Gasteiger partial charge >= 0.3 is 0 Å². The van der Waals surface area contributed by atoms with E-state index in [1.165, 1.54) is 0 Å². The van der Waals surface area contributed by atoms with Crippen molar-refractivity contribution >= 4 is 27.7 Å². The van der Waals surface area contributed by atoms with E-state index in [4.69, 9.17) is 9.47 Å². The van der Waals surface area contributed by atoms with Crippen LogP contribution in [0.15, 0.2) is 36.7 Å². The maximum absolute atomic E-state index is 12.7. The second kappa shape index (κ2) is 8.20. The van der Waals surface area contributed by atoms with Crippen LogP contribution in [0.5, 0.6) is 11.5 Å². The molecule has 1 aliphatic heterocycles. The molecule has 2 aromatic heterocycles. The number of benzene rings is 1. The summed E-state index contributed by atoms with van der Waals surface area (Å²) in [5, 5.41) is 5.23. The molecular formula is C20H22N4O4S. The fourth-order valence-electron chi connectivity index (χ4n) is 3.37. The number of nitrogens with zero attached hydrogens (tertiary/aromatic N) is 4. The quantitative estimate of drug-likeness (QED) is 0.632. The number of carbonyl (C=O) groups excluding carboxylic acids is 1. The van der Waals surface area contributed by atoms with Crippen LogP contribution in [-0.4, -0.2) is 68.6 Å². The van der Waals surface area contributed by atoms with Crippen molar-refractivity contribution in [1.29, 1.82) is 0 Å².